The van der Waals surface area contributed by atoms with Gasteiger partial charge in [0.2, 0.25) is 0 Å². The molecule has 1 aromatic rings. The molecule has 25 heavy (non-hydrogen) atoms. The van der Waals surface area contributed by atoms with Gasteiger partial charge in [-0.05, 0) is 46.5 Å². The van der Waals surface area contributed by atoms with E-state index in [1.807, 2.05) is 20.8 Å². The minimum Gasteiger partial charge on any atom is -0.444 e. The van der Waals surface area contributed by atoms with Crippen LogP contribution >= 0.6 is 11.6 Å². The first-order valence-electron chi connectivity index (χ1n) is 8.20. The Labute approximate surface area is 151 Å². The Bertz CT molecular complexity index is 648. The monoisotopic (exact) mass is 370 g/mol. The molecule has 0 aromatic carbocycles. The molecule has 1 amide bonds. The van der Waals surface area contributed by atoms with Crippen molar-refractivity contribution in [2.75, 3.05) is 5.32 Å². The molecule has 8 nitrogen and oxygen atoms in total. The van der Waals surface area contributed by atoms with E-state index in [2.05, 4.69) is 15.6 Å². The third-order valence-electron chi connectivity index (χ3n) is 3.80. The standard InChI is InChI=1S/C16H23ClN4O4/c1-16(2,3)25-15(22)20-11-6-4-5-10(7-11)19-12-8-14(17)18-9-13(12)21(23)24/h8-11H,4-7H2,1-3H3,(H,18,19)(H,20,22). The van der Waals surface area contributed by atoms with E-state index in [9.17, 15) is 14.9 Å². The summed E-state index contributed by atoms with van der Waals surface area (Å²) in [6.45, 7) is 5.43. The third-order valence-corrected chi connectivity index (χ3v) is 4.01. The first kappa shape index (κ1) is 19.2. The second-order valence-corrected chi connectivity index (χ2v) is 7.52. The number of nitrogens with zero attached hydrogens (tertiary/aromatic N) is 2. The minimum atomic E-state index is -0.551. The van der Waals surface area contributed by atoms with Crippen LogP contribution in [0.5, 0.6) is 0 Å². The maximum absolute atomic E-state index is 11.9. The van der Waals surface area contributed by atoms with Gasteiger partial charge in [0.25, 0.3) is 0 Å². The van der Waals surface area contributed by atoms with E-state index in [0.29, 0.717) is 12.1 Å². The fourth-order valence-corrected chi connectivity index (χ4v) is 2.99. The molecule has 9 heteroatoms. The minimum absolute atomic E-state index is 0.00847. The molecule has 1 heterocycles. The maximum atomic E-state index is 11.9. The molecule has 2 N–H and O–H groups in total. The highest BCUT2D eigenvalue weighted by molar-refractivity contribution is 6.29. The molecule has 1 aliphatic rings. The van der Waals surface area contributed by atoms with Gasteiger partial charge in [0.05, 0.1) is 4.92 Å². The number of nitrogens with one attached hydrogen (secondary N) is 2. The van der Waals surface area contributed by atoms with E-state index >= 15 is 0 Å². The SMILES string of the molecule is CC(C)(C)OC(=O)NC1CCCC(Nc2cc(Cl)ncc2[N+](=O)[O-])C1. The van der Waals surface area contributed by atoms with Crippen molar-refractivity contribution >= 4 is 29.1 Å². The fourth-order valence-electron chi connectivity index (χ4n) is 2.83. The average Bonchev–Trinajstić information content (AvgIpc) is 2.45. The first-order chi connectivity index (χ1) is 11.6. The molecule has 1 fully saturated rings. The van der Waals surface area contributed by atoms with Gasteiger partial charge in [-0.1, -0.05) is 11.6 Å². The molecule has 0 saturated heterocycles. The summed E-state index contributed by atoms with van der Waals surface area (Å²) in [5, 5.41) is 17.3. The van der Waals surface area contributed by atoms with Crippen molar-refractivity contribution in [3.05, 3.63) is 27.5 Å². The number of carbonyl (C=O) groups is 1. The second kappa shape index (κ2) is 7.86. The summed E-state index contributed by atoms with van der Waals surface area (Å²) >= 11 is 5.85. The van der Waals surface area contributed by atoms with Gasteiger partial charge in [0.15, 0.2) is 0 Å². The molecule has 2 unspecified atom stereocenters. The van der Waals surface area contributed by atoms with Gasteiger partial charge in [-0.2, -0.15) is 0 Å². The van der Waals surface area contributed by atoms with E-state index in [4.69, 9.17) is 16.3 Å². The molecule has 1 saturated carbocycles. The molecule has 2 atom stereocenters. The first-order valence-corrected chi connectivity index (χ1v) is 8.58. The van der Waals surface area contributed by atoms with E-state index in [1.165, 1.54) is 6.07 Å². The molecule has 138 valence electrons. The van der Waals surface area contributed by atoms with E-state index in [1.54, 1.807) is 0 Å². The Kier molecular flexibility index (Phi) is 6.05. The number of pyridine rings is 1. The Morgan fingerprint density at radius 2 is 2.08 bits per heavy atom. The zero-order valence-electron chi connectivity index (χ0n) is 14.5. The lowest BCUT2D eigenvalue weighted by Crippen LogP contribution is -2.43. The molecular formula is C16H23ClN4O4. The van der Waals surface area contributed by atoms with Crippen LogP contribution in [0.3, 0.4) is 0 Å². The van der Waals surface area contributed by atoms with Crippen LogP contribution in [0, 0.1) is 10.1 Å². The number of halogens is 1. The summed E-state index contributed by atoms with van der Waals surface area (Å²) in [7, 11) is 0. The summed E-state index contributed by atoms with van der Waals surface area (Å²) < 4.78 is 5.27. The number of alkyl carbamates (subject to hydrolysis) is 1. The van der Waals surface area contributed by atoms with Gasteiger partial charge >= 0.3 is 11.8 Å². The zero-order chi connectivity index (χ0) is 18.6. The Morgan fingerprint density at radius 3 is 2.72 bits per heavy atom. The van der Waals surface area contributed by atoms with Crippen molar-refractivity contribution in [2.24, 2.45) is 0 Å². The third kappa shape index (κ3) is 6.04. The van der Waals surface area contributed by atoms with Crippen LogP contribution in [0.4, 0.5) is 16.2 Å². The number of rotatable bonds is 4. The van der Waals surface area contributed by atoms with Crippen LogP contribution in [-0.2, 0) is 4.74 Å². The molecule has 2 rings (SSSR count). The van der Waals surface area contributed by atoms with Crippen LogP contribution in [0.2, 0.25) is 5.15 Å². The van der Waals surface area contributed by atoms with Crippen LogP contribution in [0.25, 0.3) is 0 Å². The normalized spacial score (nSPS) is 20.6. The van der Waals surface area contributed by atoms with Crippen LogP contribution < -0.4 is 10.6 Å². The highest BCUT2D eigenvalue weighted by Gasteiger charge is 2.27. The number of ether oxygens (including phenoxy) is 1. The van der Waals surface area contributed by atoms with Crippen molar-refractivity contribution in [1.29, 1.82) is 0 Å². The molecule has 0 bridgehead atoms. The topological polar surface area (TPSA) is 106 Å². The number of nitro groups is 1. The lowest BCUT2D eigenvalue weighted by molar-refractivity contribution is -0.384. The van der Waals surface area contributed by atoms with E-state index in [0.717, 1.165) is 25.5 Å². The van der Waals surface area contributed by atoms with Gasteiger partial charge in [-0.15, -0.1) is 0 Å². The second-order valence-electron chi connectivity index (χ2n) is 7.13. The van der Waals surface area contributed by atoms with Crippen LogP contribution in [0.15, 0.2) is 12.3 Å². The molecule has 0 aliphatic heterocycles. The van der Waals surface area contributed by atoms with Gasteiger partial charge in [-0.25, -0.2) is 9.78 Å². The Morgan fingerprint density at radius 1 is 1.40 bits per heavy atom. The number of amides is 1. The van der Waals surface area contributed by atoms with Crippen LogP contribution in [0.1, 0.15) is 46.5 Å². The van der Waals surface area contributed by atoms with Crippen molar-refractivity contribution in [3.8, 4) is 0 Å². The maximum Gasteiger partial charge on any atom is 0.407 e. The summed E-state index contributed by atoms with van der Waals surface area (Å²) in [5.74, 6) is 0. The summed E-state index contributed by atoms with van der Waals surface area (Å²) in [6.07, 6.45) is 3.93. The lowest BCUT2D eigenvalue weighted by atomic mass is 9.91. The molecular weight excluding hydrogens is 348 g/mol. The molecule has 1 aliphatic carbocycles. The highest BCUT2D eigenvalue weighted by atomic mass is 35.5. The highest BCUT2D eigenvalue weighted by Crippen LogP contribution is 2.29. The Hall–Kier alpha value is -2.09. The van der Waals surface area contributed by atoms with Crippen molar-refractivity contribution in [1.82, 2.24) is 10.3 Å². The number of hydrogen-bond acceptors (Lipinski definition) is 6. The predicted octanol–water partition coefficient (Wildman–Crippen LogP) is 3.89. The number of hydrogen-bond donors (Lipinski definition) is 2. The van der Waals surface area contributed by atoms with Crippen LogP contribution in [-0.4, -0.2) is 33.7 Å². The number of anilines is 1. The van der Waals surface area contributed by atoms with Gasteiger partial charge < -0.3 is 15.4 Å². The lowest BCUT2D eigenvalue weighted by Gasteiger charge is -2.31. The average molecular weight is 371 g/mol. The Balaban J connectivity index is 1.99. The quantitative estimate of drug-likeness (QED) is 0.473. The summed E-state index contributed by atoms with van der Waals surface area (Å²) in [4.78, 5) is 26.3. The van der Waals surface area contributed by atoms with Gasteiger partial charge in [0.1, 0.15) is 22.6 Å². The number of aromatic nitrogens is 1. The van der Waals surface area contributed by atoms with Gasteiger partial charge in [-0.3, -0.25) is 10.1 Å². The van der Waals surface area contributed by atoms with E-state index < -0.39 is 16.6 Å². The van der Waals surface area contributed by atoms with E-state index in [-0.39, 0.29) is 22.9 Å². The fraction of sp³-hybridized carbons (Fsp3) is 0.625. The van der Waals surface area contributed by atoms with Gasteiger partial charge in [0, 0.05) is 18.2 Å². The van der Waals surface area contributed by atoms with Crippen molar-refractivity contribution < 1.29 is 14.5 Å². The number of carbonyl (C=O) groups excluding carboxylic acids is 1. The summed E-state index contributed by atoms with van der Waals surface area (Å²) in [5.41, 5.74) is -0.329. The molecule has 1 aromatic heterocycles. The van der Waals surface area contributed by atoms with Crippen molar-refractivity contribution in [2.45, 2.75) is 64.1 Å². The summed E-state index contributed by atoms with van der Waals surface area (Å²) in [6, 6.07) is 1.40. The molecule has 0 spiro atoms. The largest absolute Gasteiger partial charge is 0.444 e. The molecule has 0 radical (unpaired) electrons. The predicted molar refractivity (Wildman–Crippen MR) is 94.9 cm³/mol. The van der Waals surface area contributed by atoms with Crippen molar-refractivity contribution in [3.63, 3.8) is 0 Å². The smallest absolute Gasteiger partial charge is 0.407 e. The zero-order valence-corrected chi connectivity index (χ0v) is 15.3.